The number of hydrogen-bond donors (Lipinski definition) is 1. The first-order valence-corrected chi connectivity index (χ1v) is 9.70. The SMILES string of the molecule is CC(C)(Oc1ccc(B2OC(C)(C)C(C)(C)O2)cc1)C(=O)N(C(=O)O)C(C)(C)C. The molecule has 0 unspecified atom stereocenters. The number of nitrogens with zero attached hydrogens (tertiary/aromatic N) is 1. The smallest absolute Gasteiger partial charge is 0.478 e. The maximum atomic E-state index is 12.9. The van der Waals surface area contributed by atoms with Crippen molar-refractivity contribution in [3.63, 3.8) is 0 Å². The molecule has 0 atom stereocenters. The van der Waals surface area contributed by atoms with Crippen LogP contribution in [-0.4, -0.2) is 51.5 Å². The van der Waals surface area contributed by atoms with E-state index in [1.54, 1.807) is 46.8 Å². The third kappa shape index (κ3) is 4.75. The maximum absolute atomic E-state index is 12.9. The maximum Gasteiger partial charge on any atom is 0.494 e. The van der Waals surface area contributed by atoms with E-state index >= 15 is 0 Å². The van der Waals surface area contributed by atoms with Gasteiger partial charge in [0.25, 0.3) is 5.91 Å². The highest BCUT2D eigenvalue weighted by atomic mass is 16.7. The van der Waals surface area contributed by atoms with Crippen molar-refractivity contribution in [3.8, 4) is 5.75 Å². The lowest BCUT2D eigenvalue weighted by Crippen LogP contribution is -2.57. The summed E-state index contributed by atoms with van der Waals surface area (Å²) in [5.74, 6) is -0.185. The molecule has 0 spiro atoms. The van der Waals surface area contributed by atoms with Crippen LogP contribution in [-0.2, 0) is 14.1 Å². The molecule has 1 aromatic carbocycles. The molecule has 1 heterocycles. The second-order valence-corrected chi connectivity index (χ2v) is 9.86. The Bertz CT molecular complexity index is 763. The van der Waals surface area contributed by atoms with E-state index in [2.05, 4.69) is 0 Å². The van der Waals surface area contributed by atoms with Crippen molar-refractivity contribution in [1.82, 2.24) is 4.90 Å². The average Bonchev–Trinajstić information content (AvgIpc) is 2.74. The van der Waals surface area contributed by atoms with Gasteiger partial charge >= 0.3 is 13.2 Å². The van der Waals surface area contributed by atoms with E-state index in [-0.39, 0.29) is 0 Å². The Kier molecular flexibility index (Phi) is 5.87. The molecule has 2 rings (SSSR count). The molecule has 160 valence electrons. The molecular weight excluding hydrogens is 373 g/mol. The van der Waals surface area contributed by atoms with Crippen molar-refractivity contribution in [2.45, 2.75) is 84.7 Å². The molecule has 1 aliphatic rings. The average molecular weight is 405 g/mol. The van der Waals surface area contributed by atoms with Gasteiger partial charge in [-0.05, 0) is 79.9 Å². The third-order valence-corrected chi connectivity index (χ3v) is 5.36. The minimum absolute atomic E-state index is 0.436. The van der Waals surface area contributed by atoms with E-state index < -0.39 is 41.5 Å². The molecule has 2 amide bonds. The summed E-state index contributed by atoms with van der Waals surface area (Å²) in [5.41, 5.74) is -2.29. The van der Waals surface area contributed by atoms with E-state index in [0.717, 1.165) is 10.4 Å². The van der Waals surface area contributed by atoms with Crippen LogP contribution in [0.4, 0.5) is 4.79 Å². The highest BCUT2D eigenvalue weighted by molar-refractivity contribution is 6.62. The standard InChI is InChI=1S/C21H32BNO6/c1-18(2,3)23(17(25)26)16(24)19(4,5)27-15-12-10-14(11-13-15)22-28-20(6,7)21(8,9)29-22/h10-13H,1-9H3,(H,25,26). The molecule has 1 saturated heterocycles. The third-order valence-electron chi connectivity index (χ3n) is 5.36. The molecule has 0 saturated carbocycles. The molecule has 1 aliphatic heterocycles. The van der Waals surface area contributed by atoms with Gasteiger partial charge in [-0.1, -0.05) is 12.1 Å². The Hall–Kier alpha value is -2.06. The lowest BCUT2D eigenvalue weighted by atomic mass is 9.79. The topological polar surface area (TPSA) is 85.3 Å². The molecule has 1 aromatic rings. The van der Waals surface area contributed by atoms with E-state index in [4.69, 9.17) is 14.0 Å². The van der Waals surface area contributed by atoms with Gasteiger partial charge in [0, 0.05) is 5.54 Å². The number of amides is 2. The highest BCUT2D eigenvalue weighted by Gasteiger charge is 2.51. The van der Waals surface area contributed by atoms with Crippen molar-refractivity contribution in [3.05, 3.63) is 24.3 Å². The zero-order chi connectivity index (χ0) is 22.4. The van der Waals surface area contributed by atoms with E-state index in [0.29, 0.717) is 5.75 Å². The minimum atomic E-state index is -1.36. The van der Waals surface area contributed by atoms with E-state index in [1.807, 2.05) is 39.8 Å². The number of carbonyl (C=O) groups is 2. The highest BCUT2D eigenvalue weighted by Crippen LogP contribution is 2.36. The molecule has 0 aromatic heterocycles. The van der Waals surface area contributed by atoms with Crippen molar-refractivity contribution in [2.75, 3.05) is 0 Å². The summed E-state index contributed by atoms with van der Waals surface area (Å²) in [6.45, 7) is 16.0. The number of carbonyl (C=O) groups excluding carboxylic acids is 1. The van der Waals surface area contributed by atoms with Gasteiger partial charge in [-0.15, -0.1) is 0 Å². The predicted octanol–water partition coefficient (Wildman–Crippen LogP) is 3.45. The fraction of sp³-hybridized carbons (Fsp3) is 0.619. The van der Waals surface area contributed by atoms with E-state index in [1.165, 1.54) is 0 Å². The number of hydrogen-bond acceptors (Lipinski definition) is 5. The van der Waals surface area contributed by atoms with Crippen LogP contribution >= 0.6 is 0 Å². The normalized spacial score (nSPS) is 18.4. The van der Waals surface area contributed by atoms with Crippen LogP contribution in [0.5, 0.6) is 5.75 Å². The number of benzene rings is 1. The summed E-state index contributed by atoms with van der Waals surface area (Å²) in [4.78, 5) is 25.3. The summed E-state index contributed by atoms with van der Waals surface area (Å²) in [6.07, 6.45) is -1.31. The molecule has 1 N–H and O–H groups in total. The fourth-order valence-electron chi connectivity index (χ4n) is 2.96. The van der Waals surface area contributed by atoms with Crippen LogP contribution in [0.1, 0.15) is 62.3 Å². The molecule has 8 heteroatoms. The van der Waals surface area contributed by atoms with Crippen molar-refractivity contribution >= 4 is 24.6 Å². The Morgan fingerprint density at radius 2 is 1.41 bits per heavy atom. The van der Waals surface area contributed by atoms with E-state index in [9.17, 15) is 14.7 Å². The van der Waals surface area contributed by atoms with Crippen LogP contribution < -0.4 is 10.2 Å². The first kappa shape index (κ1) is 23.2. The molecule has 7 nitrogen and oxygen atoms in total. The number of carboxylic acid groups (broad SMARTS) is 1. The molecule has 0 bridgehead atoms. The van der Waals surface area contributed by atoms with Crippen LogP contribution in [0.3, 0.4) is 0 Å². The van der Waals surface area contributed by atoms with Crippen molar-refractivity contribution in [1.29, 1.82) is 0 Å². The lowest BCUT2D eigenvalue weighted by molar-refractivity contribution is -0.147. The molecule has 29 heavy (non-hydrogen) atoms. The first-order chi connectivity index (χ1) is 13.0. The quantitative estimate of drug-likeness (QED) is 0.773. The monoisotopic (exact) mass is 405 g/mol. The molecular formula is C21H32BNO6. The fourth-order valence-corrected chi connectivity index (χ4v) is 2.96. The van der Waals surface area contributed by atoms with Gasteiger partial charge in [0.15, 0.2) is 5.60 Å². The number of rotatable bonds is 4. The van der Waals surface area contributed by atoms with Gasteiger partial charge in [-0.2, -0.15) is 0 Å². The van der Waals surface area contributed by atoms with Crippen LogP contribution in [0.2, 0.25) is 0 Å². The van der Waals surface area contributed by atoms with Gasteiger partial charge in [0.2, 0.25) is 0 Å². The van der Waals surface area contributed by atoms with Gasteiger partial charge < -0.3 is 19.2 Å². The molecule has 1 fully saturated rings. The number of ether oxygens (including phenoxy) is 1. The second-order valence-electron chi connectivity index (χ2n) is 9.86. The van der Waals surface area contributed by atoms with Crippen LogP contribution in [0.15, 0.2) is 24.3 Å². The Morgan fingerprint density at radius 3 is 1.79 bits per heavy atom. The van der Waals surface area contributed by atoms with Gasteiger partial charge in [-0.25, -0.2) is 9.69 Å². The lowest BCUT2D eigenvalue weighted by Gasteiger charge is -2.37. The summed E-state index contributed by atoms with van der Waals surface area (Å²) < 4.78 is 17.9. The summed E-state index contributed by atoms with van der Waals surface area (Å²) in [7, 11) is -0.493. The summed E-state index contributed by atoms with van der Waals surface area (Å²) >= 11 is 0. The van der Waals surface area contributed by atoms with Crippen molar-refractivity contribution < 1.29 is 28.7 Å². The zero-order valence-electron chi connectivity index (χ0n) is 18.8. The minimum Gasteiger partial charge on any atom is -0.478 e. The Balaban J connectivity index is 2.17. The largest absolute Gasteiger partial charge is 0.494 e. The van der Waals surface area contributed by atoms with Gasteiger partial charge in [0.1, 0.15) is 5.75 Å². The van der Waals surface area contributed by atoms with Crippen LogP contribution in [0, 0.1) is 0 Å². The van der Waals surface area contributed by atoms with Crippen LogP contribution in [0.25, 0.3) is 0 Å². The summed E-state index contributed by atoms with van der Waals surface area (Å²) in [5, 5.41) is 9.47. The second kappa shape index (κ2) is 7.33. The predicted molar refractivity (Wildman–Crippen MR) is 111 cm³/mol. The Labute approximate surface area is 173 Å². The van der Waals surface area contributed by atoms with Gasteiger partial charge in [-0.3, -0.25) is 4.79 Å². The summed E-state index contributed by atoms with van der Waals surface area (Å²) in [6, 6.07) is 7.07. The van der Waals surface area contributed by atoms with Crippen molar-refractivity contribution in [2.24, 2.45) is 0 Å². The number of imide groups is 1. The van der Waals surface area contributed by atoms with Gasteiger partial charge in [0.05, 0.1) is 11.2 Å². The molecule has 0 aliphatic carbocycles. The Morgan fingerprint density at radius 1 is 0.966 bits per heavy atom. The first-order valence-electron chi connectivity index (χ1n) is 9.70. The zero-order valence-corrected chi connectivity index (χ0v) is 18.8. The molecule has 0 radical (unpaired) electrons.